The highest BCUT2D eigenvalue weighted by molar-refractivity contribution is 5.29. The van der Waals surface area contributed by atoms with E-state index in [4.69, 9.17) is 4.74 Å². The summed E-state index contributed by atoms with van der Waals surface area (Å²) in [4.78, 5) is 2.44. The van der Waals surface area contributed by atoms with Gasteiger partial charge in [-0.2, -0.15) is 0 Å². The highest BCUT2D eigenvalue weighted by atomic mass is 16.5. The second-order valence-corrected chi connectivity index (χ2v) is 4.59. The van der Waals surface area contributed by atoms with E-state index in [1.807, 2.05) is 12.1 Å². The first kappa shape index (κ1) is 13.3. The normalized spacial score (nSPS) is 18.6. The third-order valence-corrected chi connectivity index (χ3v) is 3.50. The van der Waals surface area contributed by atoms with Crippen LogP contribution in [0.25, 0.3) is 0 Å². The monoisotopic (exact) mass is 250 g/mol. The molecule has 2 N–H and O–H groups in total. The van der Waals surface area contributed by atoms with Crippen LogP contribution < -0.4 is 10.1 Å². The van der Waals surface area contributed by atoms with Crippen molar-refractivity contribution >= 4 is 0 Å². The van der Waals surface area contributed by atoms with Gasteiger partial charge in [-0.05, 0) is 24.1 Å². The molecule has 18 heavy (non-hydrogen) atoms. The third-order valence-electron chi connectivity index (χ3n) is 3.50. The number of benzene rings is 1. The van der Waals surface area contributed by atoms with Crippen molar-refractivity contribution in [1.29, 1.82) is 0 Å². The molecular formula is C14H22N2O2. The fourth-order valence-electron chi connectivity index (χ4n) is 2.50. The maximum Gasteiger partial charge on any atom is 0.118 e. The van der Waals surface area contributed by atoms with Gasteiger partial charge in [0.1, 0.15) is 5.75 Å². The van der Waals surface area contributed by atoms with Crippen LogP contribution in [0, 0.1) is 0 Å². The number of ether oxygens (including phenoxy) is 1. The number of hydrogen-bond acceptors (Lipinski definition) is 4. The van der Waals surface area contributed by atoms with Gasteiger partial charge in [0.15, 0.2) is 0 Å². The van der Waals surface area contributed by atoms with Crippen LogP contribution in [-0.4, -0.2) is 49.9 Å². The molecule has 4 heteroatoms. The van der Waals surface area contributed by atoms with Crippen LogP contribution >= 0.6 is 0 Å². The molecule has 0 aromatic heterocycles. The number of aliphatic hydroxyl groups excluding tert-OH is 1. The Bertz CT molecular complexity index is 347. The van der Waals surface area contributed by atoms with Gasteiger partial charge >= 0.3 is 0 Å². The highest BCUT2D eigenvalue weighted by Crippen LogP contribution is 2.26. The Hall–Kier alpha value is -1.10. The summed E-state index contributed by atoms with van der Waals surface area (Å²) in [6.45, 7) is 4.35. The van der Waals surface area contributed by atoms with Gasteiger partial charge in [-0.15, -0.1) is 0 Å². The largest absolute Gasteiger partial charge is 0.497 e. The fraction of sp³-hybridized carbons (Fsp3) is 0.571. The molecule has 0 bridgehead atoms. The lowest BCUT2D eigenvalue weighted by atomic mass is 10.0. The quantitative estimate of drug-likeness (QED) is 0.819. The molecule has 1 saturated heterocycles. The molecule has 1 aliphatic rings. The van der Waals surface area contributed by atoms with E-state index >= 15 is 0 Å². The molecule has 1 aromatic carbocycles. The zero-order valence-corrected chi connectivity index (χ0v) is 10.9. The molecule has 0 spiro atoms. The lowest BCUT2D eigenvalue weighted by molar-refractivity contribution is 0.141. The van der Waals surface area contributed by atoms with Crippen LogP contribution in [-0.2, 0) is 0 Å². The summed E-state index contributed by atoms with van der Waals surface area (Å²) in [5, 5.41) is 12.6. The molecule has 0 aliphatic carbocycles. The van der Waals surface area contributed by atoms with Crippen molar-refractivity contribution < 1.29 is 9.84 Å². The Morgan fingerprint density at radius 1 is 1.28 bits per heavy atom. The van der Waals surface area contributed by atoms with Gasteiger partial charge < -0.3 is 15.2 Å². The molecule has 100 valence electrons. The lowest BCUT2D eigenvalue weighted by Crippen LogP contribution is -2.45. The molecule has 2 rings (SSSR count). The van der Waals surface area contributed by atoms with Crippen LogP contribution in [0.4, 0.5) is 0 Å². The number of rotatable bonds is 5. The Morgan fingerprint density at radius 2 is 1.94 bits per heavy atom. The van der Waals surface area contributed by atoms with Crippen molar-refractivity contribution in [2.75, 3.05) is 39.9 Å². The minimum atomic E-state index is 0.223. The molecular weight excluding hydrogens is 228 g/mol. The number of nitrogens with one attached hydrogen (secondary N) is 1. The minimum Gasteiger partial charge on any atom is -0.497 e. The maximum absolute atomic E-state index is 9.26. The van der Waals surface area contributed by atoms with Crippen molar-refractivity contribution in [3.63, 3.8) is 0 Å². The van der Waals surface area contributed by atoms with E-state index < -0.39 is 0 Å². The van der Waals surface area contributed by atoms with Gasteiger partial charge in [-0.3, -0.25) is 4.90 Å². The van der Waals surface area contributed by atoms with Crippen molar-refractivity contribution in [2.24, 2.45) is 0 Å². The summed E-state index contributed by atoms with van der Waals surface area (Å²) in [5.41, 5.74) is 1.26. The van der Waals surface area contributed by atoms with E-state index in [0.29, 0.717) is 6.04 Å². The Balaban J connectivity index is 2.11. The summed E-state index contributed by atoms with van der Waals surface area (Å²) < 4.78 is 5.18. The third kappa shape index (κ3) is 3.22. The smallest absolute Gasteiger partial charge is 0.118 e. The van der Waals surface area contributed by atoms with Crippen LogP contribution in [0.15, 0.2) is 24.3 Å². The Labute approximate surface area is 109 Å². The van der Waals surface area contributed by atoms with E-state index in [9.17, 15) is 5.11 Å². The van der Waals surface area contributed by atoms with Crippen LogP contribution in [0.3, 0.4) is 0 Å². The van der Waals surface area contributed by atoms with E-state index in [1.165, 1.54) is 5.56 Å². The second kappa shape index (κ2) is 6.73. The number of aliphatic hydroxyl groups is 1. The molecule has 1 heterocycles. The zero-order valence-electron chi connectivity index (χ0n) is 10.9. The molecule has 1 fully saturated rings. The number of piperazine rings is 1. The molecule has 1 unspecified atom stereocenters. The van der Waals surface area contributed by atoms with Crippen molar-refractivity contribution in [2.45, 2.75) is 12.5 Å². The van der Waals surface area contributed by atoms with Gasteiger partial charge in [-0.1, -0.05) is 12.1 Å². The van der Waals surface area contributed by atoms with Crippen LogP contribution in [0.1, 0.15) is 18.0 Å². The first-order valence-electron chi connectivity index (χ1n) is 6.54. The summed E-state index contributed by atoms with van der Waals surface area (Å²) in [5.74, 6) is 0.877. The van der Waals surface area contributed by atoms with Crippen molar-refractivity contribution in [1.82, 2.24) is 10.2 Å². The summed E-state index contributed by atoms with van der Waals surface area (Å²) in [6, 6.07) is 8.48. The molecule has 1 atom stereocenters. The minimum absolute atomic E-state index is 0.223. The molecule has 1 aromatic rings. The van der Waals surface area contributed by atoms with Gasteiger partial charge in [0.05, 0.1) is 7.11 Å². The first-order chi connectivity index (χ1) is 8.85. The highest BCUT2D eigenvalue weighted by Gasteiger charge is 2.21. The SMILES string of the molecule is COc1ccc(C(CCO)N2CCNCC2)cc1. The topological polar surface area (TPSA) is 44.7 Å². The standard InChI is InChI=1S/C14H22N2O2/c1-18-13-4-2-12(3-5-13)14(6-11-17)16-9-7-15-8-10-16/h2-5,14-15,17H,6-11H2,1H3. The average molecular weight is 250 g/mol. The summed E-state index contributed by atoms with van der Waals surface area (Å²) in [7, 11) is 1.68. The first-order valence-corrected chi connectivity index (χ1v) is 6.54. The van der Waals surface area contributed by atoms with E-state index in [1.54, 1.807) is 7.11 Å². The molecule has 0 amide bonds. The van der Waals surface area contributed by atoms with Gasteiger partial charge in [-0.25, -0.2) is 0 Å². The van der Waals surface area contributed by atoms with Crippen molar-refractivity contribution in [3.05, 3.63) is 29.8 Å². The van der Waals surface area contributed by atoms with Crippen LogP contribution in [0.2, 0.25) is 0 Å². The molecule has 0 saturated carbocycles. The predicted octanol–water partition coefficient (Wildman–Crippen LogP) is 1.02. The Morgan fingerprint density at radius 3 is 2.50 bits per heavy atom. The predicted molar refractivity (Wildman–Crippen MR) is 71.9 cm³/mol. The second-order valence-electron chi connectivity index (χ2n) is 4.59. The van der Waals surface area contributed by atoms with E-state index in [-0.39, 0.29) is 6.61 Å². The van der Waals surface area contributed by atoms with Crippen molar-refractivity contribution in [3.8, 4) is 5.75 Å². The molecule has 1 aliphatic heterocycles. The van der Waals surface area contributed by atoms with Crippen LogP contribution in [0.5, 0.6) is 5.75 Å². The van der Waals surface area contributed by atoms with Gasteiger partial charge in [0.2, 0.25) is 0 Å². The average Bonchev–Trinajstić information content (AvgIpc) is 2.46. The lowest BCUT2D eigenvalue weighted by Gasteiger charge is -2.35. The Kier molecular flexibility index (Phi) is 4.99. The summed E-state index contributed by atoms with van der Waals surface area (Å²) in [6.07, 6.45) is 0.784. The maximum atomic E-state index is 9.26. The van der Waals surface area contributed by atoms with E-state index in [0.717, 1.165) is 38.3 Å². The van der Waals surface area contributed by atoms with Gasteiger partial charge in [0.25, 0.3) is 0 Å². The molecule has 0 radical (unpaired) electrons. The molecule has 4 nitrogen and oxygen atoms in total. The number of nitrogens with zero attached hydrogens (tertiary/aromatic N) is 1. The fourth-order valence-corrected chi connectivity index (χ4v) is 2.50. The van der Waals surface area contributed by atoms with Gasteiger partial charge in [0, 0.05) is 38.8 Å². The van der Waals surface area contributed by atoms with E-state index in [2.05, 4.69) is 22.3 Å². The number of methoxy groups -OCH3 is 1. The summed E-state index contributed by atoms with van der Waals surface area (Å²) >= 11 is 0. The zero-order chi connectivity index (χ0) is 12.8. The number of hydrogen-bond donors (Lipinski definition) is 2.